The Bertz CT molecular complexity index is 1320. The fourth-order valence-corrected chi connectivity index (χ4v) is 3.74. The minimum atomic E-state index is -0.344. The fraction of sp³-hybridized carbons (Fsp3) is 0.100. The number of thioether (sulfide) groups is 1. The number of aromatic nitrogens is 6. The van der Waals surface area contributed by atoms with Gasteiger partial charge in [-0.1, -0.05) is 47.6 Å². The van der Waals surface area contributed by atoms with Crippen LogP contribution in [0.25, 0.3) is 5.69 Å². The predicted octanol–water partition coefficient (Wildman–Crippen LogP) is 3.06. The summed E-state index contributed by atoms with van der Waals surface area (Å²) in [6.45, 7) is 1.86. The SMILES string of the molecule is Cc1c(Cl)cccc1N/C(N)=N/c1nc(CSc2nnnn2-c2ccccc2)cc(=O)[nH]1. The van der Waals surface area contributed by atoms with E-state index >= 15 is 0 Å². The molecule has 2 heterocycles. The van der Waals surface area contributed by atoms with E-state index < -0.39 is 0 Å². The number of aromatic amines is 1. The number of aliphatic imine (C=N–C) groups is 1. The first-order valence-corrected chi connectivity index (χ1v) is 10.8. The van der Waals surface area contributed by atoms with Gasteiger partial charge in [-0.25, -0.2) is 4.98 Å². The smallest absolute Gasteiger partial charge is 0.252 e. The maximum Gasteiger partial charge on any atom is 0.252 e. The average molecular weight is 468 g/mol. The van der Waals surface area contributed by atoms with Crippen LogP contribution in [0.2, 0.25) is 5.02 Å². The maximum absolute atomic E-state index is 12.1. The van der Waals surface area contributed by atoms with E-state index in [0.717, 1.165) is 11.3 Å². The molecule has 0 saturated carbocycles. The lowest BCUT2D eigenvalue weighted by Gasteiger charge is -2.09. The number of para-hydroxylation sites is 1. The molecule has 0 aliphatic heterocycles. The third-order valence-electron chi connectivity index (χ3n) is 4.33. The number of rotatable bonds is 6. The van der Waals surface area contributed by atoms with Crippen molar-refractivity contribution in [2.45, 2.75) is 17.8 Å². The van der Waals surface area contributed by atoms with E-state index in [1.165, 1.54) is 17.8 Å². The normalized spacial score (nSPS) is 11.5. The van der Waals surface area contributed by atoms with Crippen molar-refractivity contribution in [1.82, 2.24) is 30.2 Å². The lowest BCUT2D eigenvalue weighted by molar-refractivity contribution is 0.756. The van der Waals surface area contributed by atoms with E-state index in [0.29, 0.717) is 27.3 Å². The van der Waals surface area contributed by atoms with Crippen LogP contribution >= 0.6 is 23.4 Å². The molecule has 12 heteroatoms. The topological polar surface area (TPSA) is 140 Å². The third kappa shape index (κ3) is 5.13. The molecule has 0 amide bonds. The van der Waals surface area contributed by atoms with Gasteiger partial charge in [-0.2, -0.15) is 9.67 Å². The highest BCUT2D eigenvalue weighted by molar-refractivity contribution is 7.98. The number of hydrogen-bond acceptors (Lipinski definition) is 7. The van der Waals surface area contributed by atoms with Crippen LogP contribution in [0.15, 0.2) is 69.5 Å². The van der Waals surface area contributed by atoms with Crippen LogP contribution in [0, 0.1) is 6.92 Å². The molecule has 162 valence electrons. The zero-order valence-electron chi connectivity index (χ0n) is 16.9. The van der Waals surface area contributed by atoms with Gasteiger partial charge in [0.2, 0.25) is 17.1 Å². The Labute approximate surface area is 191 Å². The first-order chi connectivity index (χ1) is 15.5. The molecule has 32 heavy (non-hydrogen) atoms. The van der Waals surface area contributed by atoms with Crippen LogP contribution < -0.4 is 16.6 Å². The number of benzene rings is 2. The number of hydrogen-bond donors (Lipinski definition) is 3. The van der Waals surface area contributed by atoms with E-state index in [1.54, 1.807) is 16.8 Å². The predicted molar refractivity (Wildman–Crippen MR) is 125 cm³/mol. The number of anilines is 1. The van der Waals surface area contributed by atoms with Crippen molar-refractivity contribution in [2.75, 3.05) is 5.32 Å². The van der Waals surface area contributed by atoms with Crippen molar-refractivity contribution in [3.8, 4) is 5.69 Å². The van der Waals surface area contributed by atoms with Crippen LogP contribution in [-0.4, -0.2) is 36.1 Å². The molecule has 2 aromatic carbocycles. The first-order valence-electron chi connectivity index (χ1n) is 9.43. The van der Waals surface area contributed by atoms with E-state index in [-0.39, 0.29) is 17.5 Å². The minimum Gasteiger partial charge on any atom is -0.369 e. The Balaban J connectivity index is 1.50. The Morgan fingerprint density at radius 2 is 2.06 bits per heavy atom. The number of tetrazole rings is 1. The molecule has 4 N–H and O–H groups in total. The second-order valence-electron chi connectivity index (χ2n) is 6.59. The van der Waals surface area contributed by atoms with Crippen molar-refractivity contribution < 1.29 is 0 Å². The molecular weight excluding hydrogens is 450 g/mol. The van der Waals surface area contributed by atoms with Crippen LogP contribution in [0.4, 0.5) is 11.6 Å². The van der Waals surface area contributed by atoms with Gasteiger partial charge in [-0.3, -0.25) is 9.78 Å². The third-order valence-corrected chi connectivity index (χ3v) is 5.69. The summed E-state index contributed by atoms with van der Waals surface area (Å²) < 4.78 is 1.62. The van der Waals surface area contributed by atoms with Crippen molar-refractivity contribution in [2.24, 2.45) is 10.7 Å². The standard InChI is InChI=1S/C20H18ClN9OS/c1-12-15(21)8-5-9-16(12)24-18(22)26-19-23-13(10-17(31)25-19)11-32-20-27-28-29-30(20)14-6-3-2-4-7-14/h2-10H,11H2,1H3,(H4,22,23,24,25,26,31). The van der Waals surface area contributed by atoms with Gasteiger partial charge in [0.15, 0.2) is 0 Å². The molecule has 0 spiro atoms. The molecule has 10 nitrogen and oxygen atoms in total. The molecule has 0 aliphatic carbocycles. The summed E-state index contributed by atoms with van der Waals surface area (Å²) in [6.07, 6.45) is 0. The first kappa shape index (κ1) is 21.5. The fourth-order valence-electron chi connectivity index (χ4n) is 2.78. The zero-order chi connectivity index (χ0) is 22.5. The maximum atomic E-state index is 12.1. The van der Waals surface area contributed by atoms with E-state index in [9.17, 15) is 4.79 Å². The molecule has 0 saturated heterocycles. The summed E-state index contributed by atoms with van der Waals surface area (Å²) in [5.74, 6) is 0.511. The van der Waals surface area contributed by atoms with Gasteiger partial charge in [-0.15, -0.1) is 5.10 Å². The molecule has 0 bridgehead atoms. The Morgan fingerprint density at radius 1 is 1.25 bits per heavy atom. The largest absolute Gasteiger partial charge is 0.369 e. The molecular formula is C20H18ClN9OS. The van der Waals surface area contributed by atoms with Gasteiger partial charge in [0.05, 0.1) is 11.4 Å². The second kappa shape index (κ2) is 9.62. The van der Waals surface area contributed by atoms with Crippen LogP contribution in [0.3, 0.4) is 0 Å². The van der Waals surface area contributed by atoms with Crippen molar-refractivity contribution in [3.63, 3.8) is 0 Å². The molecule has 0 fully saturated rings. The average Bonchev–Trinajstić information content (AvgIpc) is 3.24. The Morgan fingerprint density at radius 3 is 2.88 bits per heavy atom. The van der Waals surface area contributed by atoms with E-state index in [4.69, 9.17) is 17.3 Å². The number of halogens is 1. The van der Waals surface area contributed by atoms with Gasteiger partial charge < -0.3 is 11.1 Å². The Hall–Kier alpha value is -3.70. The number of nitrogens with one attached hydrogen (secondary N) is 2. The monoisotopic (exact) mass is 467 g/mol. The quantitative estimate of drug-likeness (QED) is 0.223. The van der Waals surface area contributed by atoms with E-state index in [1.807, 2.05) is 43.3 Å². The van der Waals surface area contributed by atoms with Crippen molar-refractivity contribution in [1.29, 1.82) is 0 Å². The lowest BCUT2D eigenvalue weighted by Crippen LogP contribution is -2.23. The van der Waals surface area contributed by atoms with Gasteiger partial charge in [-0.05, 0) is 47.2 Å². The highest BCUT2D eigenvalue weighted by atomic mass is 35.5. The van der Waals surface area contributed by atoms with Crippen LogP contribution in [-0.2, 0) is 5.75 Å². The van der Waals surface area contributed by atoms with Gasteiger partial charge in [0.1, 0.15) is 0 Å². The highest BCUT2D eigenvalue weighted by Crippen LogP contribution is 2.23. The molecule has 4 rings (SSSR count). The van der Waals surface area contributed by atoms with Crippen molar-refractivity contribution >= 4 is 41.0 Å². The molecule has 0 radical (unpaired) electrons. The summed E-state index contributed by atoms with van der Waals surface area (Å²) >= 11 is 7.47. The van der Waals surface area contributed by atoms with Crippen molar-refractivity contribution in [3.05, 3.63) is 81.2 Å². The molecule has 0 aliphatic rings. The number of nitrogens with zero attached hydrogens (tertiary/aromatic N) is 6. The minimum absolute atomic E-state index is 0.0661. The summed E-state index contributed by atoms with van der Waals surface area (Å²) in [5, 5.41) is 15.9. The Kier molecular flexibility index (Phi) is 6.47. The highest BCUT2D eigenvalue weighted by Gasteiger charge is 2.11. The molecule has 4 aromatic rings. The zero-order valence-corrected chi connectivity index (χ0v) is 18.4. The summed E-state index contributed by atoms with van der Waals surface area (Å²) in [7, 11) is 0. The van der Waals surface area contributed by atoms with Gasteiger partial charge in [0.25, 0.3) is 5.56 Å². The van der Waals surface area contributed by atoms with Gasteiger partial charge >= 0.3 is 0 Å². The van der Waals surface area contributed by atoms with E-state index in [2.05, 4.69) is 35.8 Å². The molecule has 0 unspecified atom stereocenters. The summed E-state index contributed by atoms with van der Waals surface area (Å²) in [5.41, 5.74) is 8.52. The number of nitrogens with two attached hydrogens (primary N) is 1. The lowest BCUT2D eigenvalue weighted by atomic mass is 10.2. The molecule has 0 atom stereocenters. The van der Waals surface area contributed by atoms with Crippen LogP contribution in [0.1, 0.15) is 11.3 Å². The second-order valence-corrected chi connectivity index (χ2v) is 7.94. The molecule has 2 aromatic heterocycles. The number of H-pyrrole nitrogens is 1. The van der Waals surface area contributed by atoms with Crippen LogP contribution in [0.5, 0.6) is 0 Å². The van der Waals surface area contributed by atoms with Gasteiger partial charge in [0, 0.05) is 22.5 Å². The summed E-state index contributed by atoms with van der Waals surface area (Å²) in [6, 6.07) is 16.3. The number of guanidine groups is 1. The summed E-state index contributed by atoms with van der Waals surface area (Å²) in [4.78, 5) is 23.2.